The third kappa shape index (κ3) is 5.13. The fourth-order valence-corrected chi connectivity index (χ4v) is 2.55. The minimum Gasteiger partial charge on any atom is -0.418 e. The standard InChI is InChI=1S/C16H16N3OS.Yb/c1-4-9-17-15(20)10-13-7-5-6-8-14(13)18-16-19(3)12(2)11-21-16;/h1,5-8H,9-10H2,2-3H3,(H,17,20);/q-1;. The average molecular weight is 471 g/mol. The van der Waals surface area contributed by atoms with E-state index in [0.717, 1.165) is 21.7 Å². The molecule has 1 amide bonds. The normalized spacial score (nSPS) is 10.7. The van der Waals surface area contributed by atoms with E-state index in [0.29, 0.717) is 0 Å². The summed E-state index contributed by atoms with van der Waals surface area (Å²) in [7, 11) is 1.95. The average Bonchev–Trinajstić information content (AvgIpc) is 2.79. The van der Waals surface area contributed by atoms with Gasteiger partial charge in [0.25, 0.3) is 0 Å². The predicted octanol–water partition coefficient (Wildman–Crippen LogP) is 1.72. The van der Waals surface area contributed by atoms with Crippen molar-refractivity contribution in [2.24, 2.45) is 12.0 Å². The second-order valence-electron chi connectivity index (χ2n) is 4.53. The van der Waals surface area contributed by atoms with E-state index in [-0.39, 0.29) is 65.8 Å². The molecule has 0 spiro atoms. The summed E-state index contributed by atoms with van der Waals surface area (Å²) in [5.74, 6) is 2.29. The number of hydrogen-bond acceptors (Lipinski definition) is 3. The molecule has 1 aromatic heterocycles. The number of carbonyl (C=O) groups is 1. The van der Waals surface area contributed by atoms with Gasteiger partial charge >= 0.3 is 0 Å². The van der Waals surface area contributed by atoms with Gasteiger partial charge in [0, 0.05) is 57.4 Å². The van der Waals surface area contributed by atoms with Crippen LogP contribution in [0, 0.1) is 71.6 Å². The maximum absolute atomic E-state index is 11.8. The van der Waals surface area contributed by atoms with Crippen molar-refractivity contribution in [2.45, 2.75) is 13.3 Å². The van der Waals surface area contributed by atoms with Crippen LogP contribution in [0.25, 0.3) is 0 Å². The van der Waals surface area contributed by atoms with Crippen LogP contribution in [-0.4, -0.2) is 17.0 Å². The smallest absolute Gasteiger partial charge is 0.225 e. The number of amides is 1. The first-order chi connectivity index (χ1) is 10.1. The molecule has 2 aromatic rings. The Balaban J connectivity index is 0.00000242. The molecule has 122 valence electrons. The Morgan fingerprint density at radius 1 is 1.50 bits per heavy atom. The number of terminal acetylenes is 1. The minimum absolute atomic E-state index is 0. The van der Waals surface area contributed by atoms with Crippen LogP contribution >= 0.6 is 11.3 Å². The maximum Gasteiger partial charge on any atom is 0.225 e. The van der Waals surface area contributed by atoms with Gasteiger partial charge in [0.2, 0.25) is 5.91 Å². The summed E-state index contributed by atoms with van der Waals surface area (Å²) in [6, 6.07) is 7.61. The molecule has 1 N–H and O–H groups in total. The van der Waals surface area contributed by atoms with E-state index in [2.05, 4.69) is 21.6 Å². The molecule has 1 aromatic carbocycles. The van der Waals surface area contributed by atoms with Gasteiger partial charge in [-0.3, -0.25) is 4.79 Å². The van der Waals surface area contributed by atoms with Gasteiger partial charge < -0.3 is 26.2 Å². The summed E-state index contributed by atoms with van der Waals surface area (Å²) in [6.45, 7) is 2.22. The fourth-order valence-electron chi connectivity index (χ4n) is 1.76. The maximum atomic E-state index is 11.8. The number of aryl methyl sites for hydroxylation is 1. The first-order valence-corrected chi connectivity index (χ1v) is 7.30. The van der Waals surface area contributed by atoms with Crippen molar-refractivity contribution in [1.29, 1.82) is 0 Å². The van der Waals surface area contributed by atoms with Crippen LogP contribution in [0.15, 0.2) is 29.3 Å². The SMILES string of the molecule is C#CCNC(=O)Cc1ccccc1N=c1s[c-]c(C)n1C.[Yb]. The van der Waals surface area contributed by atoms with Gasteiger partial charge in [-0.25, -0.2) is 0 Å². The Labute approximate surface area is 172 Å². The van der Waals surface area contributed by atoms with Crippen LogP contribution in [0.1, 0.15) is 11.3 Å². The van der Waals surface area contributed by atoms with E-state index in [1.165, 1.54) is 11.3 Å². The molecule has 0 aliphatic heterocycles. The number of benzene rings is 1. The molecule has 6 heteroatoms. The Kier molecular flexibility index (Phi) is 8.19. The van der Waals surface area contributed by atoms with E-state index in [9.17, 15) is 4.79 Å². The third-order valence-corrected chi connectivity index (χ3v) is 3.97. The number of carbonyl (C=O) groups excluding carboxylic acids is 1. The van der Waals surface area contributed by atoms with Crippen molar-refractivity contribution in [3.63, 3.8) is 0 Å². The van der Waals surface area contributed by atoms with Crippen LogP contribution in [0.3, 0.4) is 0 Å². The quantitative estimate of drug-likeness (QED) is 0.536. The largest absolute Gasteiger partial charge is 0.418 e. The van der Waals surface area contributed by atoms with Crippen LogP contribution in [0.4, 0.5) is 5.69 Å². The second kappa shape index (κ2) is 9.36. The summed E-state index contributed by atoms with van der Waals surface area (Å²) >= 11 is 1.46. The fraction of sp³-hybridized carbons (Fsp3) is 0.250. The van der Waals surface area contributed by atoms with Gasteiger partial charge in [-0.15, -0.1) is 6.42 Å². The van der Waals surface area contributed by atoms with E-state index >= 15 is 0 Å². The molecule has 1 heterocycles. The van der Waals surface area contributed by atoms with Gasteiger partial charge in [-0.2, -0.15) is 5.38 Å². The minimum atomic E-state index is -0.103. The molecule has 0 unspecified atom stereocenters. The zero-order valence-electron chi connectivity index (χ0n) is 12.3. The Hall–Kier alpha value is -0.801. The van der Waals surface area contributed by atoms with E-state index < -0.39 is 0 Å². The molecule has 0 bridgehead atoms. The summed E-state index contributed by atoms with van der Waals surface area (Å²) in [6.07, 6.45) is 5.40. The summed E-state index contributed by atoms with van der Waals surface area (Å²) < 4.78 is 1.97. The second-order valence-corrected chi connectivity index (χ2v) is 5.30. The molecular weight excluding hydrogens is 455 g/mol. The van der Waals surface area contributed by atoms with Crippen molar-refractivity contribution in [3.8, 4) is 12.3 Å². The van der Waals surface area contributed by atoms with Gasteiger partial charge in [-0.05, 0) is 25.6 Å². The molecule has 0 aliphatic rings. The summed E-state index contributed by atoms with van der Waals surface area (Å²) in [4.78, 5) is 17.3. The molecule has 0 saturated carbocycles. The first-order valence-electron chi connectivity index (χ1n) is 6.48. The van der Waals surface area contributed by atoms with Gasteiger partial charge in [-0.1, -0.05) is 29.8 Å². The first kappa shape index (κ1) is 19.2. The number of hydrogen-bond donors (Lipinski definition) is 1. The molecule has 0 saturated heterocycles. The molecule has 4 nitrogen and oxygen atoms in total. The van der Waals surface area contributed by atoms with E-state index in [1.54, 1.807) is 0 Å². The molecule has 2 rings (SSSR count). The molecule has 0 atom stereocenters. The van der Waals surface area contributed by atoms with E-state index in [4.69, 9.17) is 6.42 Å². The third-order valence-electron chi connectivity index (χ3n) is 3.03. The Bertz CT molecular complexity index is 755. The van der Waals surface area contributed by atoms with Crippen molar-refractivity contribution >= 4 is 22.9 Å². The number of rotatable bonds is 4. The van der Waals surface area contributed by atoms with E-state index in [1.807, 2.05) is 42.8 Å². The predicted molar refractivity (Wildman–Crippen MR) is 84.1 cm³/mol. The summed E-state index contributed by atoms with van der Waals surface area (Å²) in [5, 5.41) is 5.82. The van der Waals surface area contributed by atoms with Gasteiger partial charge in [0.05, 0.1) is 13.0 Å². The topological polar surface area (TPSA) is 46.4 Å². The van der Waals surface area contributed by atoms with Crippen LogP contribution in [-0.2, 0) is 18.3 Å². The van der Waals surface area contributed by atoms with Crippen molar-refractivity contribution < 1.29 is 51.7 Å². The zero-order valence-corrected chi connectivity index (χ0v) is 14.8. The number of nitrogens with zero attached hydrogens (tertiary/aromatic N) is 2. The van der Waals surface area contributed by atoms with Gasteiger partial charge in [0.1, 0.15) is 0 Å². The van der Waals surface area contributed by atoms with Crippen molar-refractivity contribution in [2.75, 3.05) is 6.54 Å². The van der Waals surface area contributed by atoms with Crippen LogP contribution < -0.4 is 10.1 Å². The van der Waals surface area contributed by atoms with Crippen molar-refractivity contribution in [1.82, 2.24) is 9.88 Å². The Morgan fingerprint density at radius 3 is 2.86 bits per heavy atom. The number of para-hydroxylation sites is 1. The molecule has 0 fully saturated rings. The number of aromatic nitrogens is 1. The van der Waals surface area contributed by atoms with Gasteiger partial charge in [0.15, 0.2) is 0 Å². The number of thiazole rings is 1. The summed E-state index contributed by atoms with van der Waals surface area (Å²) in [5.41, 5.74) is 2.69. The molecular formula is C16H16N3OSYb-. The molecule has 22 heavy (non-hydrogen) atoms. The molecule has 0 radical (unpaired) electrons. The van der Waals surface area contributed by atoms with Crippen LogP contribution in [0.5, 0.6) is 0 Å². The number of nitrogens with one attached hydrogen (secondary N) is 1. The van der Waals surface area contributed by atoms with Crippen LogP contribution in [0.2, 0.25) is 0 Å². The monoisotopic (exact) mass is 472 g/mol. The molecule has 0 aliphatic carbocycles. The van der Waals surface area contributed by atoms with Crippen molar-refractivity contribution in [3.05, 3.63) is 45.7 Å². The zero-order chi connectivity index (χ0) is 15.2. The Morgan fingerprint density at radius 2 is 2.23 bits per heavy atom.